The van der Waals surface area contributed by atoms with E-state index in [2.05, 4.69) is 5.32 Å². The van der Waals surface area contributed by atoms with Gasteiger partial charge in [-0.1, -0.05) is 23.2 Å². The van der Waals surface area contributed by atoms with Crippen molar-refractivity contribution in [1.82, 2.24) is 4.90 Å². The first-order chi connectivity index (χ1) is 8.56. The Kier molecular flexibility index (Phi) is 4.67. The molecule has 1 aliphatic heterocycles. The third kappa shape index (κ3) is 3.48. The molecule has 1 aromatic rings. The average molecular weight is 305 g/mol. The molecule has 0 saturated carbocycles. The zero-order valence-electron chi connectivity index (χ0n) is 9.70. The van der Waals surface area contributed by atoms with Crippen LogP contribution in [-0.2, 0) is 0 Å². The molecule has 1 aliphatic rings. The monoisotopic (exact) mass is 304 g/mol. The van der Waals surface area contributed by atoms with Crippen LogP contribution >= 0.6 is 35.4 Å². The van der Waals surface area contributed by atoms with Crippen LogP contribution in [0.1, 0.15) is 12.8 Å². The van der Waals surface area contributed by atoms with Crippen LogP contribution in [0.3, 0.4) is 0 Å². The van der Waals surface area contributed by atoms with Crippen molar-refractivity contribution in [3.8, 4) is 0 Å². The second kappa shape index (κ2) is 6.06. The molecule has 0 bridgehead atoms. The standard InChI is InChI=1S/C12H14Cl2N2OS/c13-10-2-1-8(7-11(10)14)15-12(18)16-5-3-9(17)4-6-16/h1-2,7,9,17H,3-6H2,(H,15,18). The maximum absolute atomic E-state index is 9.44. The summed E-state index contributed by atoms with van der Waals surface area (Å²) in [6.45, 7) is 1.54. The van der Waals surface area contributed by atoms with E-state index in [0.717, 1.165) is 31.6 Å². The van der Waals surface area contributed by atoms with Crippen LogP contribution in [0.2, 0.25) is 10.0 Å². The van der Waals surface area contributed by atoms with E-state index in [-0.39, 0.29) is 6.10 Å². The quantitative estimate of drug-likeness (QED) is 0.781. The van der Waals surface area contributed by atoms with E-state index < -0.39 is 0 Å². The van der Waals surface area contributed by atoms with E-state index in [1.165, 1.54) is 0 Å². The van der Waals surface area contributed by atoms with Crippen molar-refractivity contribution in [2.24, 2.45) is 0 Å². The van der Waals surface area contributed by atoms with Crippen LogP contribution in [-0.4, -0.2) is 34.3 Å². The first-order valence-electron chi connectivity index (χ1n) is 5.75. The fourth-order valence-electron chi connectivity index (χ4n) is 1.85. The molecule has 0 spiro atoms. The minimum atomic E-state index is -0.200. The Morgan fingerprint density at radius 3 is 2.56 bits per heavy atom. The van der Waals surface area contributed by atoms with Gasteiger partial charge in [-0.25, -0.2) is 0 Å². The fraction of sp³-hybridized carbons (Fsp3) is 0.417. The topological polar surface area (TPSA) is 35.5 Å². The molecule has 0 aliphatic carbocycles. The van der Waals surface area contributed by atoms with Crippen LogP contribution in [0.25, 0.3) is 0 Å². The van der Waals surface area contributed by atoms with E-state index in [0.29, 0.717) is 15.2 Å². The number of piperidine rings is 1. The third-order valence-electron chi connectivity index (χ3n) is 2.92. The highest BCUT2D eigenvalue weighted by Crippen LogP contribution is 2.25. The van der Waals surface area contributed by atoms with E-state index in [1.807, 2.05) is 11.0 Å². The number of nitrogens with one attached hydrogen (secondary N) is 1. The van der Waals surface area contributed by atoms with Crippen molar-refractivity contribution >= 4 is 46.2 Å². The Balaban J connectivity index is 1.96. The van der Waals surface area contributed by atoms with Crippen LogP contribution in [0.4, 0.5) is 5.69 Å². The van der Waals surface area contributed by atoms with Crippen molar-refractivity contribution in [2.45, 2.75) is 18.9 Å². The summed E-state index contributed by atoms with van der Waals surface area (Å²) in [5.41, 5.74) is 0.820. The van der Waals surface area contributed by atoms with Crippen LogP contribution in [0.5, 0.6) is 0 Å². The van der Waals surface area contributed by atoms with Crippen LogP contribution < -0.4 is 5.32 Å². The molecule has 98 valence electrons. The Morgan fingerprint density at radius 1 is 1.28 bits per heavy atom. The molecule has 0 amide bonds. The second-order valence-corrected chi connectivity index (χ2v) is 5.48. The molecule has 3 nitrogen and oxygen atoms in total. The number of rotatable bonds is 1. The van der Waals surface area contributed by atoms with Gasteiger partial charge in [0.25, 0.3) is 0 Å². The molecular formula is C12H14Cl2N2OS. The molecule has 2 N–H and O–H groups in total. The number of anilines is 1. The summed E-state index contributed by atoms with van der Waals surface area (Å²) in [5, 5.41) is 14.2. The Morgan fingerprint density at radius 2 is 1.94 bits per heavy atom. The van der Waals surface area contributed by atoms with Gasteiger partial charge in [0.05, 0.1) is 16.1 Å². The van der Waals surface area contributed by atoms with Gasteiger partial charge in [0.1, 0.15) is 0 Å². The summed E-state index contributed by atoms with van der Waals surface area (Å²) in [4.78, 5) is 2.05. The molecule has 0 radical (unpaired) electrons. The summed E-state index contributed by atoms with van der Waals surface area (Å²) in [7, 11) is 0. The molecular weight excluding hydrogens is 291 g/mol. The normalized spacial score (nSPS) is 16.7. The average Bonchev–Trinajstić information content (AvgIpc) is 2.34. The Hall–Kier alpha value is -0.550. The minimum Gasteiger partial charge on any atom is -0.393 e. The zero-order valence-corrected chi connectivity index (χ0v) is 12.0. The number of benzene rings is 1. The lowest BCUT2D eigenvalue weighted by atomic mass is 10.1. The van der Waals surface area contributed by atoms with Crippen molar-refractivity contribution in [3.63, 3.8) is 0 Å². The molecule has 1 saturated heterocycles. The fourth-order valence-corrected chi connectivity index (χ4v) is 2.44. The van der Waals surface area contributed by atoms with Gasteiger partial charge in [-0.2, -0.15) is 0 Å². The van der Waals surface area contributed by atoms with Crippen LogP contribution in [0, 0.1) is 0 Å². The van der Waals surface area contributed by atoms with Gasteiger partial charge in [0.15, 0.2) is 5.11 Å². The van der Waals surface area contributed by atoms with E-state index >= 15 is 0 Å². The van der Waals surface area contributed by atoms with Gasteiger partial charge in [-0.3, -0.25) is 0 Å². The number of nitrogens with zero attached hydrogens (tertiary/aromatic N) is 1. The number of aliphatic hydroxyl groups excluding tert-OH is 1. The van der Waals surface area contributed by atoms with Gasteiger partial charge >= 0.3 is 0 Å². The van der Waals surface area contributed by atoms with Gasteiger partial charge < -0.3 is 15.3 Å². The minimum absolute atomic E-state index is 0.200. The Bertz CT molecular complexity index is 448. The first kappa shape index (κ1) is 13.9. The van der Waals surface area contributed by atoms with Gasteiger partial charge in [0, 0.05) is 18.8 Å². The number of thiocarbonyl (C=S) groups is 1. The largest absolute Gasteiger partial charge is 0.393 e. The second-order valence-electron chi connectivity index (χ2n) is 4.28. The van der Waals surface area contributed by atoms with Crippen molar-refractivity contribution < 1.29 is 5.11 Å². The molecule has 6 heteroatoms. The third-order valence-corrected chi connectivity index (χ3v) is 4.02. The maximum Gasteiger partial charge on any atom is 0.173 e. The molecule has 1 heterocycles. The number of likely N-dealkylation sites (tertiary alicyclic amines) is 1. The van der Waals surface area contributed by atoms with Crippen molar-refractivity contribution in [3.05, 3.63) is 28.2 Å². The molecule has 0 unspecified atom stereocenters. The molecule has 1 aromatic carbocycles. The van der Waals surface area contributed by atoms with Gasteiger partial charge in [0.2, 0.25) is 0 Å². The van der Waals surface area contributed by atoms with Crippen LogP contribution in [0.15, 0.2) is 18.2 Å². The molecule has 1 fully saturated rings. The van der Waals surface area contributed by atoms with E-state index in [4.69, 9.17) is 35.4 Å². The van der Waals surface area contributed by atoms with Crippen molar-refractivity contribution in [1.29, 1.82) is 0 Å². The van der Waals surface area contributed by atoms with E-state index in [1.54, 1.807) is 12.1 Å². The molecule has 0 aromatic heterocycles. The highest BCUT2D eigenvalue weighted by molar-refractivity contribution is 7.80. The predicted molar refractivity (Wildman–Crippen MR) is 79.5 cm³/mol. The summed E-state index contributed by atoms with van der Waals surface area (Å²) in [6, 6.07) is 5.31. The number of aliphatic hydroxyl groups is 1. The van der Waals surface area contributed by atoms with Crippen molar-refractivity contribution in [2.75, 3.05) is 18.4 Å². The summed E-state index contributed by atoms with van der Waals surface area (Å²) in [5.74, 6) is 0. The first-order valence-corrected chi connectivity index (χ1v) is 6.92. The maximum atomic E-state index is 9.44. The van der Waals surface area contributed by atoms with E-state index in [9.17, 15) is 5.11 Å². The molecule has 18 heavy (non-hydrogen) atoms. The number of hydrogen-bond donors (Lipinski definition) is 2. The lowest BCUT2D eigenvalue weighted by Gasteiger charge is -2.31. The summed E-state index contributed by atoms with van der Waals surface area (Å²) in [6.07, 6.45) is 1.31. The molecule has 2 rings (SSSR count). The number of hydrogen-bond acceptors (Lipinski definition) is 2. The van der Waals surface area contributed by atoms with Gasteiger partial charge in [-0.05, 0) is 43.3 Å². The SMILES string of the molecule is OC1CCN(C(=S)Nc2ccc(Cl)c(Cl)c2)CC1. The van der Waals surface area contributed by atoms with Gasteiger partial charge in [-0.15, -0.1) is 0 Å². The Labute approximate surface area is 122 Å². The lowest BCUT2D eigenvalue weighted by molar-refractivity contribution is 0.110. The lowest BCUT2D eigenvalue weighted by Crippen LogP contribution is -2.42. The summed E-state index contributed by atoms with van der Waals surface area (Å²) >= 11 is 17.1. The highest BCUT2D eigenvalue weighted by atomic mass is 35.5. The zero-order chi connectivity index (χ0) is 13.1. The predicted octanol–water partition coefficient (Wildman–Crippen LogP) is 3.15. The summed E-state index contributed by atoms with van der Waals surface area (Å²) < 4.78 is 0. The highest BCUT2D eigenvalue weighted by Gasteiger charge is 2.18. The smallest absolute Gasteiger partial charge is 0.173 e. The molecule has 0 atom stereocenters. The number of halogens is 2.